The Morgan fingerprint density at radius 2 is 1.72 bits per heavy atom. The maximum atomic E-state index is 13.4. The molecule has 0 aliphatic heterocycles. The molecular formula is C27H26FN. The van der Waals surface area contributed by atoms with Crippen molar-refractivity contribution in [1.82, 2.24) is 0 Å². The Hall–Kier alpha value is -3.39. The Kier molecular flexibility index (Phi) is 6.80. The van der Waals surface area contributed by atoms with E-state index in [1.807, 2.05) is 24.0 Å². The van der Waals surface area contributed by atoms with Gasteiger partial charge in [0.1, 0.15) is 5.82 Å². The maximum Gasteiger partial charge on any atom is 0.123 e. The third kappa shape index (κ3) is 5.11. The molecule has 0 aromatic heterocycles. The smallest absolute Gasteiger partial charge is 0.123 e. The molecule has 0 spiro atoms. The number of aryl methyl sites for hydroxylation is 1. The molecule has 0 bridgehead atoms. The Morgan fingerprint density at radius 1 is 1.00 bits per heavy atom. The molecule has 3 rings (SSSR count). The zero-order valence-electron chi connectivity index (χ0n) is 17.0. The van der Waals surface area contributed by atoms with Gasteiger partial charge in [0.2, 0.25) is 0 Å². The minimum atomic E-state index is -0.248. The highest BCUT2D eigenvalue weighted by molar-refractivity contribution is 5.76. The molecule has 0 heterocycles. The monoisotopic (exact) mass is 383 g/mol. The van der Waals surface area contributed by atoms with Crippen LogP contribution in [-0.2, 0) is 6.42 Å². The first-order valence-electron chi connectivity index (χ1n) is 9.76. The lowest BCUT2D eigenvalue weighted by Crippen LogP contribution is -2.10. The van der Waals surface area contributed by atoms with Gasteiger partial charge in [0.25, 0.3) is 0 Å². The zero-order chi connectivity index (χ0) is 20.6. The summed E-state index contributed by atoms with van der Waals surface area (Å²) >= 11 is 0. The van der Waals surface area contributed by atoms with Crippen molar-refractivity contribution >= 4 is 16.9 Å². The lowest BCUT2D eigenvalue weighted by atomic mass is 9.95. The average molecular weight is 384 g/mol. The predicted molar refractivity (Wildman–Crippen MR) is 123 cm³/mol. The van der Waals surface area contributed by atoms with E-state index in [0.29, 0.717) is 0 Å². The van der Waals surface area contributed by atoms with E-state index in [4.69, 9.17) is 0 Å². The topological polar surface area (TPSA) is 3.24 Å². The lowest BCUT2D eigenvalue weighted by molar-refractivity contribution is 0.628. The van der Waals surface area contributed by atoms with E-state index in [-0.39, 0.29) is 5.82 Å². The SMILES string of the molecule is C=CN(c1ccc(F)cc1)c1cc(/C(=C/C=C\C)Cc2ccccc2)ccc1C. The quantitative estimate of drug-likeness (QED) is 0.379. The van der Waals surface area contributed by atoms with Gasteiger partial charge in [0.05, 0.1) is 0 Å². The van der Waals surface area contributed by atoms with Crippen molar-refractivity contribution in [2.24, 2.45) is 0 Å². The van der Waals surface area contributed by atoms with E-state index in [1.165, 1.54) is 23.3 Å². The van der Waals surface area contributed by atoms with Gasteiger partial charge >= 0.3 is 0 Å². The number of allylic oxidation sites excluding steroid dienone is 4. The number of hydrogen-bond donors (Lipinski definition) is 0. The van der Waals surface area contributed by atoms with E-state index < -0.39 is 0 Å². The van der Waals surface area contributed by atoms with Crippen LogP contribution in [0.5, 0.6) is 0 Å². The molecule has 1 nitrogen and oxygen atoms in total. The molecule has 3 aromatic carbocycles. The third-order valence-electron chi connectivity index (χ3n) is 4.85. The second kappa shape index (κ2) is 9.70. The van der Waals surface area contributed by atoms with Gasteiger partial charge in [0.15, 0.2) is 0 Å². The fourth-order valence-corrected chi connectivity index (χ4v) is 3.30. The highest BCUT2D eigenvalue weighted by Gasteiger charge is 2.12. The molecule has 2 heteroatoms. The van der Waals surface area contributed by atoms with Crippen molar-refractivity contribution in [3.63, 3.8) is 0 Å². The van der Waals surface area contributed by atoms with Crippen LogP contribution in [0.15, 0.2) is 104 Å². The lowest BCUT2D eigenvalue weighted by Gasteiger charge is -2.23. The van der Waals surface area contributed by atoms with E-state index >= 15 is 0 Å². The van der Waals surface area contributed by atoms with E-state index in [1.54, 1.807) is 18.3 Å². The Balaban J connectivity index is 2.02. The number of hydrogen-bond acceptors (Lipinski definition) is 1. The first-order chi connectivity index (χ1) is 14.1. The molecule has 0 saturated carbocycles. The Bertz CT molecular complexity index is 1010. The van der Waals surface area contributed by atoms with Crippen LogP contribution in [0, 0.1) is 12.7 Å². The second-order valence-corrected chi connectivity index (χ2v) is 6.91. The van der Waals surface area contributed by atoms with Gasteiger partial charge in [-0.3, -0.25) is 0 Å². The molecule has 0 aliphatic carbocycles. The van der Waals surface area contributed by atoms with Gasteiger partial charge in [-0.1, -0.05) is 67.3 Å². The standard InChI is InChI=1S/C27H26FN/c1-4-6-12-23(19-22-10-8-7-9-11-22)24-14-13-21(3)27(20-24)29(5-2)26-17-15-25(28)16-18-26/h4-18,20H,2,19H2,1,3H3/b6-4-,23-12+. The minimum Gasteiger partial charge on any atom is -0.317 e. The summed E-state index contributed by atoms with van der Waals surface area (Å²) in [5.41, 5.74) is 6.69. The van der Waals surface area contributed by atoms with Gasteiger partial charge in [-0.15, -0.1) is 0 Å². The number of anilines is 2. The minimum absolute atomic E-state index is 0.248. The second-order valence-electron chi connectivity index (χ2n) is 6.91. The molecule has 0 saturated heterocycles. The normalized spacial score (nSPS) is 11.6. The maximum absolute atomic E-state index is 13.4. The van der Waals surface area contributed by atoms with E-state index in [2.05, 4.69) is 68.1 Å². The molecule has 146 valence electrons. The fraction of sp³-hybridized carbons (Fsp3) is 0.111. The molecule has 3 aromatic rings. The highest BCUT2D eigenvalue weighted by Crippen LogP contribution is 2.32. The van der Waals surface area contributed by atoms with Crippen molar-refractivity contribution in [1.29, 1.82) is 0 Å². The van der Waals surface area contributed by atoms with Crippen molar-refractivity contribution in [2.45, 2.75) is 20.3 Å². The molecular weight excluding hydrogens is 357 g/mol. The van der Waals surface area contributed by atoms with Gasteiger partial charge in [-0.25, -0.2) is 4.39 Å². The molecule has 0 atom stereocenters. The van der Waals surface area contributed by atoms with Crippen LogP contribution in [0.25, 0.3) is 5.57 Å². The van der Waals surface area contributed by atoms with Crippen LogP contribution in [0.4, 0.5) is 15.8 Å². The Labute approximate surface area is 173 Å². The predicted octanol–water partition coefficient (Wildman–Crippen LogP) is 7.62. The Morgan fingerprint density at radius 3 is 2.38 bits per heavy atom. The summed E-state index contributed by atoms with van der Waals surface area (Å²) < 4.78 is 13.4. The summed E-state index contributed by atoms with van der Waals surface area (Å²) in [6.07, 6.45) is 8.89. The molecule has 0 N–H and O–H groups in total. The summed E-state index contributed by atoms with van der Waals surface area (Å²) in [4.78, 5) is 1.99. The number of nitrogens with zero attached hydrogens (tertiary/aromatic N) is 1. The van der Waals surface area contributed by atoms with Crippen LogP contribution >= 0.6 is 0 Å². The molecule has 0 fully saturated rings. The fourth-order valence-electron chi connectivity index (χ4n) is 3.30. The van der Waals surface area contributed by atoms with Gasteiger partial charge < -0.3 is 4.90 Å². The molecule has 0 amide bonds. The zero-order valence-corrected chi connectivity index (χ0v) is 17.0. The van der Waals surface area contributed by atoms with Crippen molar-refractivity contribution in [3.8, 4) is 0 Å². The average Bonchev–Trinajstić information content (AvgIpc) is 2.75. The summed E-state index contributed by atoms with van der Waals surface area (Å²) in [6, 6.07) is 23.4. The number of rotatable bonds is 7. The van der Waals surface area contributed by atoms with Crippen molar-refractivity contribution in [2.75, 3.05) is 4.90 Å². The highest BCUT2D eigenvalue weighted by atomic mass is 19.1. The van der Waals surface area contributed by atoms with E-state index in [9.17, 15) is 4.39 Å². The largest absolute Gasteiger partial charge is 0.317 e. The molecule has 0 radical (unpaired) electrons. The van der Waals surface area contributed by atoms with Gasteiger partial charge in [-0.2, -0.15) is 0 Å². The summed E-state index contributed by atoms with van der Waals surface area (Å²) in [5.74, 6) is -0.248. The number of benzene rings is 3. The van der Waals surface area contributed by atoms with Gasteiger partial charge in [-0.05, 0) is 72.9 Å². The molecule has 0 aliphatic rings. The first-order valence-corrected chi connectivity index (χ1v) is 9.76. The third-order valence-corrected chi connectivity index (χ3v) is 4.85. The summed E-state index contributed by atoms with van der Waals surface area (Å²) in [6.45, 7) is 8.07. The molecule has 29 heavy (non-hydrogen) atoms. The van der Waals surface area contributed by atoms with Crippen LogP contribution in [-0.4, -0.2) is 0 Å². The molecule has 0 unspecified atom stereocenters. The summed E-state index contributed by atoms with van der Waals surface area (Å²) in [5, 5.41) is 0. The van der Waals surface area contributed by atoms with Crippen molar-refractivity contribution < 1.29 is 4.39 Å². The van der Waals surface area contributed by atoms with Crippen molar-refractivity contribution in [3.05, 3.63) is 126 Å². The van der Waals surface area contributed by atoms with Crippen LogP contribution in [0.3, 0.4) is 0 Å². The number of halogens is 1. The summed E-state index contributed by atoms with van der Waals surface area (Å²) in [7, 11) is 0. The van der Waals surface area contributed by atoms with Gasteiger partial charge in [0, 0.05) is 17.6 Å². The first kappa shape index (κ1) is 20.3. The van der Waals surface area contributed by atoms with E-state index in [0.717, 1.165) is 28.9 Å². The van der Waals surface area contributed by atoms with Crippen LogP contribution in [0.2, 0.25) is 0 Å². The van der Waals surface area contributed by atoms with Crippen LogP contribution < -0.4 is 4.90 Å². The van der Waals surface area contributed by atoms with Crippen LogP contribution in [0.1, 0.15) is 23.6 Å².